The Balaban J connectivity index is 1.95. The van der Waals surface area contributed by atoms with Crippen LogP contribution in [-0.2, 0) is 10.3 Å². The second-order valence-corrected chi connectivity index (χ2v) is 9.15. The van der Waals surface area contributed by atoms with Crippen LogP contribution in [0.4, 0.5) is 5.69 Å². The number of nitrogens with one attached hydrogen (secondary N) is 1. The summed E-state index contributed by atoms with van der Waals surface area (Å²) in [5.41, 5.74) is 2.99. The summed E-state index contributed by atoms with van der Waals surface area (Å²) in [5.74, 6) is -0.246. The van der Waals surface area contributed by atoms with E-state index in [1.165, 1.54) is 24.3 Å². The first kappa shape index (κ1) is 17.5. The number of hydrogen-bond donors (Lipinski definition) is 3. The Kier molecular flexibility index (Phi) is 4.60. The molecule has 6 nitrogen and oxygen atoms in total. The third-order valence-electron chi connectivity index (χ3n) is 4.22. The van der Waals surface area contributed by atoms with Gasteiger partial charge in [-0.1, -0.05) is 0 Å². The number of fused-ring (bicyclic) bond motifs is 1. The van der Waals surface area contributed by atoms with E-state index in [1.54, 1.807) is 0 Å². The number of para-hydroxylation sites is 1. The monoisotopic (exact) mass is 402 g/mol. The number of rotatable bonds is 4. The van der Waals surface area contributed by atoms with Gasteiger partial charge in [0.05, 0.1) is 0 Å². The van der Waals surface area contributed by atoms with Crippen LogP contribution in [0.2, 0.25) is 0 Å². The molecule has 7 heteroatoms. The SMILES string of the molecule is CCn1c(C(=O)Nc2ccc([As](=O)(O)O)cc2)c(C)c2ccccc21. The number of carbonyl (C=O) groups excluding carboxylic acids is 1. The molecule has 25 heavy (non-hydrogen) atoms. The minimum atomic E-state index is -4.91. The zero-order valence-electron chi connectivity index (χ0n) is 13.9. The summed E-state index contributed by atoms with van der Waals surface area (Å²) in [7, 11) is 0. The van der Waals surface area contributed by atoms with Gasteiger partial charge in [-0.15, -0.1) is 0 Å². The van der Waals surface area contributed by atoms with E-state index in [9.17, 15) is 16.7 Å². The molecular formula is C18H19AsN2O4. The summed E-state index contributed by atoms with van der Waals surface area (Å²) in [5, 5.41) is 3.84. The van der Waals surface area contributed by atoms with Gasteiger partial charge in [-0.3, -0.25) is 0 Å². The molecule has 0 fully saturated rings. The van der Waals surface area contributed by atoms with E-state index in [4.69, 9.17) is 0 Å². The van der Waals surface area contributed by atoms with Crippen LogP contribution >= 0.6 is 0 Å². The van der Waals surface area contributed by atoms with Gasteiger partial charge in [-0.2, -0.15) is 0 Å². The van der Waals surface area contributed by atoms with Crippen molar-refractivity contribution < 1.29 is 16.7 Å². The molecule has 3 N–H and O–H groups in total. The predicted octanol–water partition coefficient (Wildman–Crippen LogP) is 1.78. The fraction of sp³-hybridized carbons (Fsp3) is 0.167. The molecule has 1 aromatic heterocycles. The molecule has 1 amide bonds. The first-order valence-corrected chi connectivity index (χ1v) is 11.3. The van der Waals surface area contributed by atoms with E-state index < -0.39 is 14.2 Å². The van der Waals surface area contributed by atoms with Crippen molar-refractivity contribution in [1.29, 1.82) is 0 Å². The molecule has 3 rings (SSSR count). The van der Waals surface area contributed by atoms with Crippen molar-refractivity contribution in [2.75, 3.05) is 5.32 Å². The van der Waals surface area contributed by atoms with Crippen molar-refractivity contribution in [3.8, 4) is 0 Å². The van der Waals surface area contributed by atoms with E-state index in [0.717, 1.165) is 16.5 Å². The molecule has 0 aliphatic heterocycles. The van der Waals surface area contributed by atoms with Gasteiger partial charge in [-0.05, 0) is 0 Å². The third-order valence-corrected chi connectivity index (χ3v) is 6.25. The van der Waals surface area contributed by atoms with Crippen molar-refractivity contribution in [3.05, 3.63) is 59.8 Å². The molecule has 0 saturated carbocycles. The zero-order chi connectivity index (χ0) is 18.2. The van der Waals surface area contributed by atoms with Crippen LogP contribution in [0.1, 0.15) is 23.0 Å². The number of aryl methyl sites for hydroxylation is 2. The van der Waals surface area contributed by atoms with Crippen molar-refractivity contribution in [3.63, 3.8) is 0 Å². The molecule has 0 saturated heterocycles. The summed E-state index contributed by atoms with van der Waals surface area (Å²) in [4.78, 5) is 12.8. The minimum absolute atomic E-state index is 0.0185. The molecule has 0 radical (unpaired) electrons. The Morgan fingerprint density at radius 3 is 2.36 bits per heavy atom. The van der Waals surface area contributed by atoms with Crippen molar-refractivity contribution >= 4 is 41.0 Å². The quantitative estimate of drug-likeness (QED) is 0.581. The normalized spacial score (nSPS) is 11.7. The van der Waals surface area contributed by atoms with Gasteiger partial charge < -0.3 is 0 Å². The first-order valence-electron chi connectivity index (χ1n) is 7.88. The number of hydrogen-bond acceptors (Lipinski definition) is 2. The van der Waals surface area contributed by atoms with Crippen LogP contribution in [0.25, 0.3) is 10.9 Å². The molecule has 1 heterocycles. The third kappa shape index (κ3) is 3.29. The summed E-state index contributed by atoms with van der Waals surface area (Å²) >= 11 is -4.91. The van der Waals surface area contributed by atoms with Crippen LogP contribution < -0.4 is 9.67 Å². The summed E-state index contributed by atoms with van der Waals surface area (Å²) in [6.07, 6.45) is 0. The Bertz CT molecular complexity index is 986. The number of anilines is 1. The van der Waals surface area contributed by atoms with Crippen LogP contribution in [-0.4, -0.2) is 32.8 Å². The van der Waals surface area contributed by atoms with E-state index in [0.29, 0.717) is 17.9 Å². The average Bonchev–Trinajstić information content (AvgIpc) is 2.87. The van der Waals surface area contributed by atoms with Gasteiger partial charge in [-0.25, -0.2) is 0 Å². The van der Waals surface area contributed by atoms with Crippen molar-refractivity contribution in [1.82, 2.24) is 4.57 Å². The summed E-state index contributed by atoms with van der Waals surface area (Å²) < 4.78 is 31.6. The Morgan fingerprint density at radius 2 is 1.76 bits per heavy atom. The molecule has 0 aliphatic carbocycles. The Hall–Kier alpha value is -2.27. The zero-order valence-corrected chi connectivity index (χ0v) is 15.8. The van der Waals surface area contributed by atoms with Gasteiger partial charge in [0.1, 0.15) is 0 Å². The molecule has 3 aromatic rings. The maximum absolute atomic E-state index is 12.8. The first-order chi connectivity index (χ1) is 11.8. The molecule has 130 valence electrons. The fourth-order valence-corrected chi connectivity index (χ4v) is 4.15. The van der Waals surface area contributed by atoms with E-state index in [1.807, 2.05) is 42.7 Å². The van der Waals surface area contributed by atoms with E-state index in [-0.39, 0.29) is 10.3 Å². The Labute approximate surface area is 148 Å². The maximum atomic E-state index is 12.8. The topological polar surface area (TPSA) is 91.6 Å². The second-order valence-electron chi connectivity index (χ2n) is 5.78. The number of amides is 1. The average molecular weight is 402 g/mol. The standard InChI is InChI=1S/C18H19AsN2O4/c1-3-21-16-7-5-4-6-15(16)12(2)17(21)18(22)20-14-10-8-13(9-11-14)19(23,24)25/h4-11H,3H2,1-2H3,(H,20,22)(H2,23,24,25). The number of carbonyl (C=O) groups is 1. The van der Waals surface area contributed by atoms with Crippen molar-refractivity contribution in [2.45, 2.75) is 20.4 Å². The van der Waals surface area contributed by atoms with Gasteiger partial charge >= 0.3 is 148 Å². The van der Waals surface area contributed by atoms with Crippen LogP contribution in [0.3, 0.4) is 0 Å². The molecule has 0 spiro atoms. The van der Waals surface area contributed by atoms with E-state index in [2.05, 4.69) is 5.32 Å². The fourth-order valence-electron chi connectivity index (χ4n) is 3.03. The van der Waals surface area contributed by atoms with Crippen LogP contribution in [0.15, 0.2) is 48.5 Å². The second kappa shape index (κ2) is 6.56. The molecule has 0 atom stereocenters. The van der Waals surface area contributed by atoms with Crippen molar-refractivity contribution in [2.24, 2.45) is 0 Å². The number of aromatic nitrogens is 1. The van der Waals surface area contributed by atoms with Gasteiger partial charge in [0.15, 0.2) is 0 Å². The Morgan fingerprint density at radius 1 is 1.12 bits per heavy atom. The molecule has 2 aromatic carbocycles. The molecule has 0 aliphatic rings. The van der Waals surface area contributed by atoms with Gasteiger partial charge in [0.2, 0.25) is 0 Å². The summed E-state index contributed by atoms with van der Waals surface area (Å²) in [6.45, 7) is 4.57. The van der Waals surface area contributed by atoms with Crippen LogP contribution in [0, 0.1) is 6.92 Å². The van der Waals surface area contributed by atoms with Crippen LogP contribution in [0.5, 0.6) is 0 Å². The number of benzene rings is 2. The summed E-state index contributed by atoms with van der Waals surface area (Å²) in [6, 6.07) is 13.6. The van der Waals surface area contributed by atoms with E-state index >= 15 is 0 Å². The molecule has 0 bridgehead atoms. The van der Waals surface area contributed by atoms with Gasteiger partial charge in [0.25, 0.3) is 0 Å². The predicted molar refractivity (Wildman–Crippen MR) is 97.3 cm³/mol. The molecular weight excluding hydrogens is 383 g/mol. The van der Waals surface area contributed by atoms with Gasteiger partial charge in [0, 0.05) is 0 Å². The number of nitrogens with zero attached hydrogens (tertiary/aromatic N) is 1. The molecule has 0 unspecified atom stereocenters.